The minimum Gasteiger partial charge on any atom is -0.465 e. The number of carbonyl (C=O) groups excluding carboxylic acids is 2. The maximum absolute atomic E-state index is 13.6. The molecular weight excluding hydrogens is 634 g/mol. The van der Waals surface area contributed by atoms with Gasteiger partial charge in [0.05, 0.1) is 42.1 Å². The van der Waals surface area contributed by atoms with E-state index in [1.54, 1.807) is 6.20 Å². The number of aromatic amines is 2. The number of fused-ring (bicyclic) bond motifs is 1. The van der Waals surface area contributed by atoms with E-state index in [4.69, 9.17) is 9.72 Å². The number of aromatic nitrogens is 4. The fourth-order valence-electron chi connectivity index (χ4n) is 7.19. The lowest BCUT2D eigenvalue weighted by atomic mass is 9.99. The Kier molecular flexibility index (Phi) is 9.00. The van der Waals surface area contributed by atoms with Crippen LogP contribution in [0.2, 0.25) is 0 Å². The van der Waals surface area contributed by atoms with Crippen LogP contribution < -0.4 is 5.32 Å². The average molecular weight is 676 g/mol. The molecule has 7 rings (SSSR count). The molecule has 3 atom stereocenters. The van der Waals surface area contributed by atoms with E-state index in [1.165, 1.54) is 12.0 Å². The number of carbonyl (C=O) groups is 3. The molecule has 2 fully saturated rings. The summed E-state index contributed by atoms with van der Waals surface area (Å²) in [4.78, 5) is 56.5. The number of alkyl carbamates (subject to hydrolysis) is 1. The van der Waals surface area contributed by atoms with Gasteiger partial charge in [-0.25, -0.2) is 19.6 Å². The highest BCUT2D eigenvalue weighted by atomic mass is 16.5. The van der Waals surface area contributed by atoms with Crippen molar-refractivity contribution in [1.82, 2.24) is 35.1 Å². The van der Waals surface area contributed by atoms with Gasteiger partial charge in [0, 0.05) is 13.1 Å². The molecule has 1 unspecified atom stereocenters. The van der Waals surface area contributed by atoms with E-state index in [0.29, 0.717) is 18.9 Å². The normalized spacial score (nSPS) is 18.2. The molecule has 0 radical (unpaired) electrons. The summed E-state index contributed by atoms with van der Waals surface area (Å²) in [7, 11) is 1.29. The van der Waals surface area contributed by atoms with Crippen molar-refractivity contribution in [2.24, 2.45) is 5.92 Å². The molecule has 258 valence electrons. The fourth-order valence-corrected chi connectivity index (χ4v) is 7.19. The summed E-state index contributed by atoms with van der Waals surface area (Å²) in [5.74, 6) is 1.20. The largest absolute Gasteiger partial charge is 0.465 e. The predicted octanol–water partition coefficient (Wildman–Crippen LogP) is 7.15. The van der Waals surface area contributed by atoms with Crippen molar-refractivity contribution in [3.05, 3.63) is 84.6 Å². The van der Waals surface area contributed by atoms with Crippen LogP contribution in [-0.4, -0.2) is 79.2 Å². The molecule has 12 nitrogen and oxygen atoms in total. The number of H-pyrrole nitrogens is 2. The first-order chi connectivity index (χ1) is 24.2. The van der Waals surface area contributed by atoms with Crippen LogP contribution in [0.5, 0.6) is 0 Å². The van der Waals surface area contributed by atoms with E-state index in [-0.39, 0.29) is 23.9 Å². The Bertz CT molecular complexity index is 2020. The molecule has 50 heavy (non-hydrogen) atoms. The molecule has 2 aliphatic rings. The van der Waals surface area contributed by atoms with Crippen LogP contribution in [0.1, 0.15) is 63.3 Å². The van der Waals surface area contributed by atoms with Gasteiger partial charge in [-0.3, -0.25) is 9.69 Å². The van der Waals surface area contributed by atoms with Crippen LogP contribution in [0, 0.1) is 5.92 Å². The summed E-state index contributed by atoms with van der Waals surface area (Å²) >= 11 is 0. The maximum atomic E-state index is 13.6. The molecule has 0 saturated carbocycles. The quantitative estimate of drug-likeness (QED) is 0.136. The number of hydrogen-bond acceptors (Lipinski definition) is 6. The highest BCUT2D eigenvalue weighted by Crippen LogP contribution is 2.35. The van der Waals surface area contributed by atoms with Crippen molar-refractivity contribution in [1.29, 1.82) is 0 Å². The van der Waals surface area contributed by atoms with Gasteiger partial charge in [-0.1, -0.05) is 68.4 Å². The van der Waals surface area contributed by atoms with Crippen LogP contribution >= 0.6 is 0 Å². The van der Waals surface area contributed by atoms with E-state index < -0.39 is 18.2 Å². The van der Waals surface area contributed by atoms with Crippen LogP contribution in [0.3, 0.4) is 0 Å². The Morgan fingerprint density at radius 3 is 2.02 bits per heavy atom. The van der Waals surface area contributed by atoms with Crippen molar-refractivity contribution in [3.8, 4) is 33.5 Å². The molecule has 5 aromatic rings. The molecule has 2 aromatic heterocycles. The first-order valence-electron chi connectivity index (χ1n) is 17.1. The standard InChI is InChI=1S/C38H41N7O5/c1-22(2)33(43-37(47)50-3)36(46)44-18-4-7-32(44)35-40-28-17-16-27(20-29(28)41-35)25-10-8-23(9-11-25)24-12-14-26(15-13-24)30-21-39-34(42-30)31-6-5-19-45(31)38(48)49/h8-17,20-22,31-33H,4-7,18-19H2,1-3H3,(H,39,42)(H,40,41)(H,43,47)(H,48,49)/t31?,32-,33+/m0/s1. The molecular formula is C38H41N7O5. The number of nitrogens with zero attached hydrogens (tertiary/aromatic N) is 4. The molecule has 0 aliphatic carbocycles. The lowest BCUT2D eigenvalue weighted by Gasteiger charge is -2.29. The number of nitrogens with one attached hydrogen (secondary N) is 3. The van der Waals surface area contributed by atoms with Crippen molar-refractivity contribution in [3.63, 3.8) is 0 Å². The zero-order valence-electron chi connectivity index (χ0n) is 28.3. The smallest absolute Gasteiger partial charge is 0.407 e. The Labute approximate surface area is 289 Å². The zero-order valence-corrected chi connectivity index (χ0v) is 28.3. The molecule has 4 N–H and O–H groups in total. The summed E-state index contributed by atoms with van der Waals surface area (Å²) in [5.41, 5.74) is 7.87. The van der Waals surface area contributed by atoms with Crippen molar-refractivity contribution < 1.29 is 24.2 Å². The first kappa shape index (κ1) is 32.9. The van der Waals surface area contributed by atoms with Crippen LogP contribution in [0.25, 0.3) is 44.5 Å². The van der Waals surface area contributed by atoms with Crippen molar-refractivity contribution >= 4 is 29.1 Å². The third-order valence-corrected chi connectivity index (χ3v) is 9.90. The predicted molar refractivity (Wildman–Crippen MR) is 189 cm³/mol. The summed E-state index contributed by atoms with van der Waals surface area (Å²) in [6.07, 6.45) is 3.49. The SMILES string of the molecule is COC(=O)N[C@@H](C(=O)N1CCC[C@H]1c1nc2ccc(-c3ccc(-c4ccc(-c5cnc(C6CCCN6C(=O)O)[nH]5)cc4)cc3)cc2[nH]1)C(C)C. The number of rotatable bonds is 8. The molecule has 12 heteroatoms. The summed E-state index contributed by atoms with van der Waals surface area (Å²) in [6.45, 7) is 4.94. The number of ether oxygens (including phenoxy) is 1. The van der Waals surface area contributed by atoms with Crippen LogP contribution in [0.4, 0.5) is 9.59 Å². The van der Waals surface area contributed by atoms with Crippen LogP contribution in [0.15, 0.2) is 72.9 Å². The second kappa shape index (κ2) is 13.7. The van der Waals surface area contributed by atoms with Gasteiger partial charge in [0.25, 0.3) is 0 Å². The molecule has 0 spiro atoms. The van der Waals surface area contributed by atoms with E-state index >= 15 is 0 Å². The van der Waals surface area contributed by atoms with Crippen LogP contribution in [-0.2, 0) is 9.53 Å². The van der Waals surface area contributed by atoms with Crippen molar-refractivity contribution in [2.45, 2.75) is 57.7 Å². The third-order valence-electron chi connectivity index (χ3n) is 9.90. The number of amides is 3. The summed E-state index contributed by atoms with van der Waals surface area (Å²) < 4.78 is 4.76. The minimum absolute atomic E-state index is 0.0983. The Morgan fingerprint density at radius 1 is 0.820 bits per heavy atom. The third kappa shape index (κ3) is 6.40. The van der Waals surface area contributed by atoms with E-state index in [1.807, 2.05) is 36.9 Å². The second-order valence-electron chi connectivity index (χ2n) is 13.4. The van der Waals surface area contributed by atoms with Gasteiger partial charge in [0.2, 0.25) is 5.91 Å². The maximum Gasteiger partial charge on any atom is 0.407 e. The molecule has 0 bridgehead atoms. The second-order valence-corrected chi connectivity index (χ2v) is 13.4. The topological polar surface area (TPSA) is 157 Å². The highest BCUT2D eigenvalue weighted by Gasteiger charge is 2.37. The van der Waals surface area contributed by atoms with Gasteiger partial charge in [-0.05, 0) is 71.6 Å². The highest BCUT2D eigenvalue weighted by molar-refractivity contribution is 5.87. The number of benzene rings is 3. The summed E-state index contributed by atoms with van der Waals surface area (Å²) in [6, 6.07) is 21.7. The number of likely N-dealkylation sites (tertiary alicyclic amines) is 2. The van der Waals surface area contributed by atoms with Gasteiger partial charge in [0.1, 0.15) is 17.7 Å². The van der Waals surface area contributed by atoms with E-state index in [9.17, 15) is 19.5 Å². The summed E-state index contributed by atoms with van der Waals surface area (Å²) in [5, 5.41) is 12.2. The van der Waals surface area contributed by atoms with Crippen molar-refractivity contribution in [2.75, 3.05) is 20.2 Å². The molecule has 4 heterocycles. The number of hydrogen-bond donors (Lipinski definition) is 4. The fraction of sp³-hybridized carbons (Fsp3) is 0.342. The molecule has 2 aliphatic heterocycles. The number of methoxy groups -OCH3 is 1. The molecule has 3 amide bonds. The Hall–Kier alpha value is -5.65. The molecule has 2 saturated heterocycles. The Morgan fingerprint density at radius 2 is 1.40 bits per heavy atom. The zero-order chi connectivity index (χ0) is 34.9. The number of imidazole rings is 2. The lowest BCUT2D eigenvalue weighted by Crippen LogP contribution is -2.51. The Balaban J connectivity index is 1.04. The van der Waals surface area contributed by atoms with E-state index in [0.717, 1.165) is 76.1 Å². The first-order valence-corrected chi connectivity index (χ1v) is 17.1. The van der Waals surface area contributed by atoms with Gasteiger partial charge in [0.15, 0.2) is 0 Å². The van der Waals surface area contributed by atoms with E-state index in [2.05, 4.69) is 68.8 Å². The minimum atomic E-state index is -0.911. The lowest BCUT2D eigenvalue weighted by molar-refractivity contribution is -0.135. The monoisotopic (exact) mass is 675 g/mol. The van der Waals surface area contributed by atoms with Gasteiger partial charge >= 0.3 is 12.2 Å². The average Bonchev–Trinajstić information content (AvgIpc) is 3.95. The van der Waals surface area contributed by atoms with Gasteiger partial charge in [-0.2, -0.15) is 0 Å². The number of carboxylic acid groups (broad SMARTS) is 1. The van der Waals surface area contributed by atoms with Gasteiger partial charge < -0.3 is 30.0 Å². The molecule has 3 aromatic carbocycles. The van der Waals surface area contributed by atoms with Gasteiger partial charge in [-0.15, -0.1) is 0 Å².